The van der Waals surface area contributed by atoms with E-state index in [1.165, 1.54) is 23.1 Å². The normalized spacial score (nSPS) is 21.5. The van der Waals surface area contributed by atoms with Crippen molar-refractivity contribution in [3.05, 3.63) is 51.8 Å². The van der Waals surface area contributed by atoms with Gasteiger partial charge in [0, 0.05) is 18.2 Å². The van der Waals surface area contributed by atoms with Gasteiger partial charge in [0.05, 0.1) is 18.5 Å². The summed E-state index contributed by atoms with van der Waals surface area (Å²) in [5.41, 5.74) is 1.76. The van der Waals surface area contributed by atoms with Gasteiger partial charge in [-0.15, -0.1) is 17.5 Å². The number of benzene rings is 1. The van der Waals surface area contributed by atoms with Crippen molar-refractivity contribution in [3.8, 4) is 0 Å². The van der Waals surface area contributed by atoms with E-state index in [2.05, 4.69) is 20.6 Å². The number of amides is 2. The van der Waals surface area contributed by atoms with E-state index >= 15 is 0 Å². The van der Waals surface area contributed by atoms with E-state index in [1.54, 1.807) is 0 Å². The zero-order valence-electron chi connectivity index (χ0n) is 24.7. The predicted molar refractivity (Wildman–Crippen MR) is 161 cm³/mol. The molecule has 0 radical (unpaired) electrons. The fourth-order valence-corrected chi connectivity index (χ4v) is 6.03. The van der Waals surface area contributed by atoms with Gasteiger partial charge in [-0.25, -0.2) is 4.79 Å². The molecule has 3 atom stereocenters. The maximum absolute atomic E-state index is 13.6. The molecule has 2 saturated carbocycles. The molecule has 2 N–H and O–H groups in total. The third-order valence-corrected chi connectivity index (χ3v) is 8.53. The van der Waals surface area contributed by atoms with E-state index in [0.717, 1.165) is 45.3 Å². The van der Waals surface area contributed by atoms with E-state index in [9.17, 15) is 19.2 Å². The van der Waals surface area contributed by atoms with Gasteiger partial charge in [-0.05, 0) is 87.6 Å². The van der Waals surface area contributed by atoms with Gasteiger partial charge in [0.2, 0.25) is 11.7 Å². The molecule has 230 valence electrons. The molecule has 11 heteroatoms. The second-order valence-corrected chi connectivity index (χ2v) is 12.5. The van der Waals surface area contributed by atoms with Crippen LogP contribution in [0.5, 0.6) is 0 Å². The lowest BCUT2D eigenvalue weighted by Gasteiger charge is -2.32. The Labute approximate surface area is 253 Å². The van der Waals surface area contributed by atoms with Crippen LogP contribution in [0.3, 0.4) is 0 Å². The molecule has 5 rings (SSSR count). The van der Waals surface area contributed by atoms with E-state index in [4.69, 9.17) is 4.42 Å². The van der Waals surface area contributed by atoms with Crippen molar-refractivity contribution in [1.82, 2.24) is 25.3 Å². The summed E-state index contributed by atoms with van der Waals surface area (Å²) in [5.74, 6) is -1.81. The Hall–Kier alpha value is -2.98. The summed E-state index contributed by atoms with van der Waals surface area (Å²) in [5, 5.41) is 10.2. The maximum atomic E-state index is 13.6. The SMILES string of the molecule is CC(C)C[C@H](NC(=O)[C@@H]1CCCC[C@@H]1NC(=O)c1ccc(CN2CCCC2)cc1)C(=O)c1nn(CC2CC2)c(=O)o1.Cl. The Morgan fingerprint density at radius 2 is 1.69 bits per heavy atom. The highest BCUT2D eigenvalue weighted by Crippen LogP contribution is 2.30. The molecule has 1 saturated heterocycles. The Kier molecular flexibility index (Phi) is 11.0. The van der Waals surface area contributed by atoms with Crippen LogP contribution in [0.1, 0.15) is 98.2 Å². The van der Waals surface area contributed by atoms with Crippen LogP contribution in [0.4, 0.5) is 0 Å². The lowest BCUT2D eigenvalue weighted by Crippen LogP contribution is -2.52. The average molecular weight is 602 g/mol. The number of carbonyl (C=O) groups excluding carboxylic acids is 3. The van der Waals surface area contributed by atoms with Gasteiger partial charge in [0.1, 0.15) is 0 Å². The third-order valence-electron chi connectivity index (χ3n) is 8.53. The van der Waals surface area contributed by atoms with Gasteiger partial charge >= 0.3 is 5.76 Å². The lowest BCUT2D eigenvalue weighted by atomic mass is 9.83. The first-order valence-electron chi connectivity index (χ1n) is 15.3. The van der Waals surface area contributed by atoms with Gasteiger partial charge in [0.15, 0.2) is 0 Å². The lowest BCUT2D eigenvalue weighted by molar-refractivity contribution is -0.127. The highest BCUT2D eigenvalue weighted by Gasteiger charge is 2.36. The third kappa shape index (κ3) is 8.31. The van der Waals surface area contributed by atoms with E-state index in [-0.39, 0.29) is 42.1 Å². The average Bonchev–Trinajstić information content (AvgIpc) is 3.48. The molecule has 0 unspecified atom stereocenters. The van der Waals surface area contributed by atoms with Crippen molar-refractivity contribution in [1.29, 1.82) is 0 Å². The van der Waals surface area contributed by atoms with Gasteiger partial charge in [-0.3, -0.25) is 19.3 Å². The molecule has 2 amide bonds. The molecule has 3 fully saturated rings. The van der Waals surface area contributed by atoms with E-state index in [1.807, 2.05) is 38.1 Å². The Morgan fingerprint density at radius 1 is 1.00 bits per heavy atom. The van der Waals surface area contributed by atoms with Crippen molar-refractivity contribution < 1.29 is 18.8 Å². The summed E-state index contributed by atoms with van der Waals surface area (Å²) >= 11 is 0. The number of halogens is 1. The summed E-state index contributed by atoms with van der Waals surface area (Å²) in [6.07, 6.45) is 8.06. The first kappa shape index (κ1) is 31.9. The molecule has 1 aromatic carbocycles. The van der Waals surface area contributed by atoms with Crippen LogP contribution in [-0.4, -0.2) is 57.5 Å². The molecule has 2 aliphatic carbocycles. The predicted octanol–water partition coefficient (Wildman–Crippen LogP) is 3.97. The van der Waals surface area contributed by atoms with Crippen molar-refractivity contribution >= 4 is 30.0 Å². The molecule has 0 spiro atoms. The summed E-state index contributed by atoms with van der Waals surface area (Å²) in [6, 6.07) is 6.52. The Balaban J connectivity index is 0.00000405. The molecule has 1 aromatic heterocycles. The minimum Gasteiger partial charge on any atom is -0.384 e. The van der Waals surface area contributed by atoms with Crippen molar-refractivity contribution in [2.45, 2.75) is 96.8 Å². The Morgan fingerprint density at radius 3 is 2.36 bits per heavy atom. The quantitative estimate of drug-likeness (QED) is 0.353. The van der Waals surface area contributed by atoms with Crippen LogP contribution in [0.2, 0.25) is 0 Å². The van der Waals surface area contributed by atoms with E-state index < -0.39 is 23.5 Å². The number of aromatic nitrogens is 2. The number of carbonyl (C=O) groups is 3. The summed E-state index contributed by atoms with van der Waals surface area (Å²) in [4.78, 5) is 54.7. The van der Waals surface area contributed by atoms with Gasteiger partial charge in [0.25, 0.3) is 11.8 Å². The second kappa shape index (κ2) is 14.5. The maximum Gasteiger partial charge on any atom is 0.437 e. The summed E-state index contributed by atoms with van der Waals surface area (Å²) in [6.45, 7) is 7.52. The molecule has 2 aromatic rings. The molecular weight excluding hydrogens is 558 g/mol. The molecule has 0 bridgehead atoms. The number of hydrogen-bond donors (Lipinski definition) is 2. The topological polar surface area (TPSA) is 127 Å². The number of ketones is 1. The zero-order valence-corrected chi connectivity index (χ0v) is 25.5. The largest absolute Gasteiger partial charge is 0.437 e. The first-order chi connectivity index (χ1) is 19.8. The van der Waals surface area contributed by atoms with E-state index in [0.29, 0.717) is 37.3 Å². The molecule has 42 heavy (non-hydrogen) atoms. The number of rotatable bonds is 12. The standard InChI is InChI=1S/C31H43N5O5.ClH/c1-20(2)17-26(27(37)30-34-36(31(40)41-30)19-22-9-10-22)33-29(39)24-7-3-4-8-25(24)32-28(38)23-13-11-21(12-14-23)18-35-15-5-6-16-35;/h11-14,20,22,24-26H,3-10,15-19H2,1-2H3,(H,32,38)(H,33,39);1H/t24-,25+,26+;/m1./s1. The number of likely N-dealkylation sites (tertiary alicyclic amines) is 1. The van der Waals surface area contributed by atoms with Crippen LogP contribution in [0.25, 0.3) is 0 Å². The summed E-state index contributed by atoms with van der Waals surface area (Å²) < 4.78 is 6.41. The van der Waals surface area contributed by atoms with Crippen molar-refractivity contribution in [2.24, 2.45) is 17.8 Å². The monoisotopic (exact) mass is 601 g/mol. The van der Waals surface area contributed by atoms with Gasteiger partial charge in [-0.2, -0.15) is 4.68 Å². The van der Waals surface area contributed by atoms with Crippen molar-refractivity contribution in [3.63, 3.8) is 0 Å². The van der Waals surface area contributed by atoms with Crippen LogP contribution in [-0.2, 0) is 17.9 Å². The minimum atomic E-state index is -0.864. The van der Waals surface area contributed by atoms with Crippen molar-refractivity contribution in [2.75, 3.05) is 13.1 Å². The molecule has 2 heterocycles. The van der Waals surface area contributed by atoms with Crippen LogP contribution in [0, 0.1) is 17.8 Å². The molecule has 10 nitrogen and oxygen atoms in total. The zero-order chi connectivity index (χ0) is 28.9. The smallest absolute Gasteiger partial charge is 0.384 e. The first-order valence-corrected chi connectivity index (χ1v) is 15.3. The number of nitrogens with zero attached hydrogens (tertiary/aromatic N) is 3. The van der Waals surface area contributed by atoms with Crippen LogP contribution >= 0.6 is 12.4 Å². The molecule has 1 aliphatic heterocycles. The highest BCUT2D eigenvalue weighted by atomic mass is 35.5. The van der Waals surface area contributed by atoms with Crippen LogP contribution < -0.4 is 16.4 Å². The fourth-order valence-electron chi connectivity index (χ4n) is 6.03. The van der Waals surface area contributed by atoms with Gasteiger partial charge in [-0.1, -0.05) is 38.8 Å². The number of Topliss-reactive ketones (excluding diaryl/α,β-unsaturated/α-hetero) is 1. The van der Waals surface area contributed by atoms with Crippen LogP contribution in [0.15, 0.2) is 33.5 Å². The number of hydrogen-bond acceptors (Lipinski definition) is 7. The number of nitrogens with one attached hydrogen (secondary N) is 2. The highest BCUT2D eigenvalue weighted by molar-refractivity contribution is 5.99. The molecular formula is C31H44ClN5O5. The second-order valence-electron chi connectivity index (χ2n) is 12.5. The van der Waals surface area contributed by atoms with Gasteiger partial charge < -0.3 is 15.1 Å². The fraction of sp³-hybridized carbons (Fsp3) is 0.645. The summed E-state index contributed by atoms with van der Waals surface area (Å²) in [7, 11) is 0. The minimum absolute atomic E-state index is 0. The molecule has 3 aliphatic rings. The Bertz CT molecular complexity index is 1280.